The zero-order chi connectivity index (χ0) is 13.7. The molecule has 0 saturated carbocycles. The molecule has 100 valence electrons. The first kappa shape index (κ1) is 14.1. The largest absolute Gasteiger partial charge is 0.354 e. The van der Waals surface area contributed by atoms with E-state index in [1.54, 1.807) is 24.7 Å². The minimum Gasteiger partial charge on any atom is -0.354 e. The third-order valence-corrected chi connectivity index (χ3v) is 3.26. The van der Waals surface area contributed by atoms with Crippen LogP contribution in [0.4, 0.5) is 0 Å². The van der Waals surface area contributed by atoms with E-state index in [2.05, 4.69) is 11.6 Å². The Balaban J connectivity index is 2.17. The SMILES string of the molecule is C=CCOC(Cc1ccc(Cl)cc1Cl)n1ccnc1. The molecule has 19 heavy (non-hydrogen) atoms. The van der Waals surface area contributed by atoms with Crippen LogP contribution in [0.5, 0.6) is 0 Å². The summed E-state index contributed by atoms with van der Waals surface area (Å²) in [5.74, 6) is 0. The molecule has 0 saturated heterocycles. The number of halogens is 2. The van der Waals surface area contributed by atoms with Gasteiger partial charge >= 0.3 is 0 Å². The van der Waals surface area contributed by atoms with Crippen molar-refractivity contribution in [2.75, 3.05) is 6.61 Å². The third-order valence-electron chi connectivity index (χ3n) is 2.67. The summed E-state index contributed by atoms with van der Waals surface area (Å²) in [5, 5.41) is 1.26. The van der Waals surface area contributed by atoms with E-state index in [4.69, 9.17) is 27.9 Å². The van der Waals surface area contributed by atoms with Gasteiger partial charge in [0.1, 0.15) is 6.23 Å². The standard InChI is InChI=1S/C14H14Cl2N2O/c1-2-7-19-14(18-6-5-17-10-18)8-11-3-4-12(15)9-13(11)16/h2-6,9-10,14H,1,7-8H2. The van der Waals surface area contributed by atoms with Crippen molar-refractivity contribution in [1.29, 1.82) is 0 Å². The maximum atomic E-state index is 6.18. The predicted molar refractivity (Wildman–Crippen MR) is 77.6 cm³/mol. The van der Waals surface area contributed by atoms with Crippen LogP contribution < -0.4 is 0 Å². The Hall–Kier alpha value is -1.29. The Labute approximate surface area is 122 Å². The topological polar surface area (TPSA) is 27.1 Å². The first-order valence-electron chi connectivity index (χ1n) is 5.84. The second kappa shape index (κ2) is 6.75. The molecule has 1 aromatic heterocycles. The predicted octanol–water partition coefficient (Wildman–Crippen LogP) is 4.13. The van der Waals surface area contributed by atoms with E-state index in [0.29, 0.717) is 23.1 Å². The van der Waals surface area contributed by atoms with Gasteiger partial charge in [0.05, 0.1) is 12.9 Å². The van der Waals surface area contributed by atoms with Gasteiger partial charge in [0.2, 0.25) is 0 Å². The second-order valence-corrected chi connectivity index (χ2v) is 4.87. The molecule has 0 fully saturated rings. The first-order chi connectivity index (χ1) is 9.20. The first-order valence-corrected chi connectivity index (χ1v) is 6.60. The maximum Gasteiger partial charge on any atom is 0.139 e. The fraction of sp³-hybridized carbons (Fsp3) is 0.214. The van der Waals surface area contributed by atoms with E-state index in [1.807, 2.05) is 22.9 Å². The normalized spacial score (nSPS) is 12.3. The van der Waals surface area contributed by atoms with Gasteiger partial charge in [-0.15, -0.1) is 6.58 Å². The van der Waals surface area contributed by atoms with Gasteiger partial charge < -0.3 is 9.30 Å². The van der Waals surface area contributed by atoms with E-state index in [-0.39, 0.29) is 6.23 Å². The summed E-state index contributed by atoms with van der Waals surface area (Å²) >= 11 is 12.1. The number of aromatic nitrogens is 2. The Morgan fingerprint density at radius 1 is 1.42 bits per heavy atom. The van der Waals surface area contributed by atoms with Crippen LogP contribution in [0.15, 0.2) is 49.6 Å². The molecular weight excluding hydrogens is 283 g/mol. The van der Waals surface area contributed by atoms with Crippen LogP contribution in [0.2, 0.25) is 10.0 Å². The van der Waals surface area contributed by atoms with E-state index >= 15 is 0 Å². The van der Waals surface area contributed by atoms with Gasteiger partial charge in [-0.25, -0.2) is 4.98 Å². The molecule has 0 radical (unpaired) electrons. The van der Waals surface area contributed by atoms with Crippen molar-refractivity contribution < 1.29 is 4.74 Å². The van der Waals surface area contributed by atoms with Crippen LogP contribution >= 0.6 is 23.2 Å². The van der Waals surface area contributed by atoms with Crippen LogP contribution in [0, 0.1) is 0 Å². The molecule has 0 aliphatic carbocycles. The van der Waals surface area contributed by atoms with Gasteiger partial charge in [0.15, 0.2) is 0 Å². The summed E-state index contributed by atoms with van der Waals surface area (Å²) in [6.45, 7) is 4.12. The molecule has 5 heteroatoms. The molecule has 1 unspecified atom stereocenters. The number of nitrogens with zero attached hydrogens (tertiary/aromatic N) is 2. The van der Waals surface area contributed by atoms with Gasteiger partial charge in [-0.2, -0.15) is 0 Å². The number of hydrogen-bond acceptors (Lipinski definition) is 2. The average molecular weight is 297 g/mol. The van der Waals surface area contributed by atoms with Crippen molar-refractivity contribution in [3.63, 3.8) is 0 Å². The lowest BCUT2D eigenvalue weighted by Crippen LogP contribution is -2.14. The van der Waals surface area contributed by atoms with Crippen molar-refractivity contribution in [2.24, 2.45) is 0 Å². The van der Waals surface area contributed by atoms with Crippen molar-refractivity contribution >= 4 is 23.2 Å². The summed E-state index contributed by atoms with van der Waals surface area (Å²) in [6.07, 6.45) is 7.48. The molecule has 2 rings (SSSR count). The highest BCUT2D eigenvalue weighted by molar-refractivity contribution is 6.35. The summed E-state index contributed by atoms with van der Waals surface area (Å²) in [7, 11) is 0. The van der Waals surface area contributed by atoms with Crippen molar-refractivity contribution in [2.45, 2.75) is 12.6 Å². The summed E-state index contributed by atoms with van der Waals surface area (Å²) in [4.78, 5) is 4.03. The highest BCUT2D eigenvalue weighted by atomic mass is 35.5. The minimum absolute atomic E-state index is 0.167. The molecule has 1 atom stereocenters. The van der Waals surface area contributed by atoms with E-state index in [1.165, 1.54) is 0 Å². The quantitative estimate of drug-likeness (QED) is 0.749. The molecule has 0 aliphatic heterocycles. The fourth-order valence-corrected chi connectivity index (χ4v) is 2.23. The van der Waals surface area contributed by atoms with E-state index in [0.717, 1.165) is 5.56 Å². The summed E-state index contributed by atoms with van der Waals surface area (Å²) in [6, 6.07) is 5.46. The Morgan fingerprint density at radius 3 is 2.89 bits per heavy atom. The highest BCUT2D eigenvalue weighted by Gasteiger charge is 2.13. The van der Waals surface area contributed by atoms with Gasteiger partial charge in [0.25, 0.3) is 0 Å². The minimum atomic E-state index is -0.167. The molecule has 0 bridgehead atoms. The Morgan fingerprint density at radius 2 is 2.26 bits per heavy atom. The fourth-order valence-electron chi connectivity index (χ4n) is 1.74. The van der Waals surface area contributed by atoms with Crippen LogP contribution in [0.1, 0.15) is 11.8 Å². The lowest BCUT2D eigenvalue weighted by atomic mass is 10.1. The zero-order valence-electron chi connectivity index (χ0n) is 10.3. The molecule has 0 amide bonds. The molecular formula is C14H14Cl2N2O. The highest BCUT2D eigenvalue weighted by Crippen LogP contribution is 2.25. The lowest BCUT2D eigenvalue weighted by Gasteiger charge is -2.19. The Kier molecular flexibility index (Phi) is 5.02. The molecule has 1 heterocycles. The van der Waals surface area contributed by atoms with Gasteiger partial charge in [-0.3, -0.25) is 0 Å². The van der Waals surface area contributed by atoms with Gasteiger partial charge in [0, 0.05) is 28.9 Å². The van der Waals surface area contributed by atoms with Crippen molar-refractivity contribution in [3.05, 3.63) is 65.2 Å². The molecule has 0 aliphatic rings. The van der Waals surface area contributed by atoms with Gasteiger partial charge in [-0.05, 0) is 17.7 Å². The molecule has 2 aromatic rings. The third kappa shape index (κ3) is 3.83. The molecule has 3 nitrogen and oxygen atoms in total. The van der Waals surface area contributed by atoms with Crippen LogP contribution in [0.25, 0.3) is 0 Å². The Bertz CT molecular complexity index is 540. The summed E-state index contributed by atoms with van der Waals surface area (Å²) in [5.41, 5.74) is 0.980. The van der Waals surface area contributed by atoms with Crippen LogP contribution in [-0.2, 0) is 11.2 Å². The summed E-state index contributed by atoms with van der Waals surface area (Å²) < 4.78 is 7.64. The number of imidazole rings is 1. The molecule has 0 spiro atoms. The lowest BCUT2D eigenvalue weighted by molar-refractivity contribution is 0.0203. The van der Waals surface area contributed by atoms with Gasteiger partial charge in [-0.1, -0.05) is 35.3 Å². The number of hydrogen-bond donors (Lipinski definition) is 0. The van der Waals surface area contributed by atoms with Crippen molar-refractivity contribution in [3.8, 4) is 0 Å². The maximum absolute atomic E-state index is 6.18. The average Bonchev–Trinajstić information content (AvgIpc) is 2.90. The number of rotatable bonds is 6. The molecule has 1 aromatic carbocycles. The van der Waals surface area contributed by atoms with Crippen molar-refractivity contribution in [1.82, 2.24) is 9.55 Å². The van der Waals surface area contributed by atoms with Crippen LogP contribution in [0.3, 0.4) is 0 Å². The smallest absolute Gasteiger partial charge is 0.139 e. The number of benzene rings is 1. The van der Waals surface area contributed by atoms with E-state index in [9.17, 15) is 0 Å². The zero-order valence-corrected chi connectivity index (χ0v) is 11.8. The van der Waals surface area contributed by atoms with E-state index < -0.39 is 0 Å². The number of ether oxygens (including phenoxy) is 1. The monoisotopic (exact) mass is 296 g/mol. The second-order valence-electron chi connectivity index (χ2n) is 4.03. The van der Waals surface area contributed by atoms with Crippen LogP contribution in [-0.4, -0.2) is 16.2 Å². The molecule has 0 N–H and O–H groups in total.